The molecule has 273 valence electrons. The van der Waals surface area contributed by atoms with Crippen molar-refractivity contribution >= 4 is 32.5 Å². The zero-order chi connectivity index (χ0) is 39.5. The van der Waals surface area contributed by atoms with Crippen molar-refractivity contribution in [2.45, 2.75) is 34.0 Å². The molecule has 0 fully saturated rings. The third-order valence-corrected chi connectivity index (χ3v) is 10.3. The van der Waals surface area contributed by atoms with E-state index in [4.69, 9.17) is 9.10 Å². The van der Waals surface area contributed by atoms with E-state index in [-0.39, 0.29) is 25.7 Å². The van der Waals surface area contributed by atoms with E-state index in [1.54, 1.807) is 29.5 Å². The maximum Gasteiger partial charge on any atom is 0.0774 e. The van der Waals surface area contributed by atoms with Gasteiger partial charge >= 0.3 is 0 Å². The fourth-order valence-electron chi connectivity index (χ4n) is 7.01. The van der Waals surface area contributed by atoms with Crippen LogP contribution in [0.15, 0.2) is 158 Å². The van der Waals surface area contributed by atoms with Gasteiger partial charge in [0.05, 0.1) is 22.5 Å². The summed E-state index contributed by atoms with van der Waals surface area (Å²) in [6, 6.07) is 55.2. The Labute approximate surface area is 346 Å². The van der Waals surface area contributed by atoms with Crippen LogP contribution in [0.1, 0.15) is 34.7 Å². The fraction of sp³-hybridized carbons (Fsp3) is 0.120. The van der Waals surface area contributed by atoms with Crippen LogP contribution in [0.5, 0.6) is 0 Å². The smallest absolute Gasteiger partial charge is 0.0774 e. The Morgan fingerprint density at radius 2 is 1.44 bits per heavy atom. The number of rotatable bonds is 7. The molecule has 0 unspecified atom stereocenters. The van der Waals surface area contributed by atoms with Crippen molar-refractivity contribution in [2.24, 2.45) is 5.92 Å². The summed E-state index contributed by atoms with van der Waals surface area (Å²) in [5, 5.41) is 4.89. The zero-order valence-corrected chi connectivity index (χ0v) is 34.1. The summed E-state index contributed by atoms with van der Waals surface area (Å²) < 4.78 is 25.3. The minimum atomic E-state index is -2.09. The van der Waals surface area contributed by atoms with E-state index in [0.717, 1.165) is 45.8 Å². The van der Waals surface area contributed by atoms with Crippen LogP contribution in [0.25, 0.3) is 71.7 Å². The van der Waals surface area contributed by atoms with Gasteiger partial charge in [0.25, 0.3) is 0 Å². The minimum Gasteiger partial charge on any atom is -0.332 e. The first-order valence-corrected chi connectivity index (χ1v) is 19.1. The summed E-state index contributed by atoms with van der Waals surface area (Å²) in [4.78, 5) is 9.43. The van der Waals surface area contributed by atoms with Gasteiger partial charge in [-0.15, -0.1) is 47.3 Å². The molecule has 5 heteroatoms. The number of nitrogens with zero attached hydrogens (tertiary/aromatic N) is 3. The molecule has 3 aromatic heterocycles. The average molecular weight is 911 g/mol. The number of imidazole rings is 1. The molecule has 1 radical (unpaired) electrons. The third-order valence-electron chi connectivity index (χ3n) is 9.40. The van der Waals surface area contributed by atoms with E-state index >= 15 is 0 Å². The molecule has 0 aliphatic heterocycles. The van der Waals surface area contributed by atoms with Gasteiger partial charge in [-0.05, 0) is 78.3 Å². The first-order valence-electron chi connectivity index (χ1n) is 19.7. The summed E-state index contributed by atoms with van der Waals surface area (Å²) in [6.45, 7) is 4.65. The number of pyridine rings is 1. The Balaban J connectivity index is 0.000000254. The number of hydrogen-bond acceptors (Lipinski definition) is 3. The van der Waals surface area contributed by atoms with Crippen molar-refractivity contribution in [3.8, 4) is 50.6 Å². The van der Waals surface area contributed by atoms with Crippen molar-refractivity contribution in [1.29, 1.82) is 0 Å². The van der Waals surface area contributed by atoms with Gasteiger partial charge < -0.3 is 9.55 Å². The van der Waals surface area contributed by atoms with Gasteiger partial charge in [-0.25, -0.2) is 0 Å². The Hall–Kier alpha value is -5.45. The quantitative estimate of drug-likeness (QED) is 0.149. The Morgan fingerprint density at radius 3 is 2.07 bits per heavy atom. The standard InChI is InChI=1S/C38H31N2S.C12H10N.Ir/c1-25(2)20-27-18-19-36-32(23-27)33(24-41-36)38-39-34-16-10-11-17-35(34)40(38)37-30(28-12-6-4-7-13-28)21-26(3)22-31(37)29-14-8-5-9-15-29;1-10-7-8-12(13-9-10)11-5-3-2-4-6-11;/h4-19,21-23,25H,20H2,1-3H3;2-5,7-9H,1H3;/q2*-1;/i;1D3;. The molecule has 0 aliphatic rings. The van der Waals surface area contributed by atoms with Crippen LogP contribution >= 0.6 is 11.3 Å². The van der Waals surface area contributed by atoms with E-state index in [2.05, 4.69) is 157 Å². The maximum absolute atomic E-state index is 7.23. The molecule has 3 heterocycles. The summed E-state index contributed by atoms with van der Waals surface area (Å²) in [5.41, 5.74) is 13.4. The normalized spacial score (nSPS) is 12.0. The monoisotopic (exact) mass is 911 g/mol. The molecule has 0 N–H and O–H groups in total. The third kappa shape index (κ3) is 8.16. The van der Waals surface area contributed by atoms with Gasteiger partial charge in [-0.1, -0.05) is 132 Å². The predicted molar refractivity (Wildman–Crippen MR) is 228 cm³/mol. The molecule has 0 bridgehead atoms. The molecule has 0 saturated carbocycles. The van der Waals surface area contributed by atoms with Gasteiger partial charge in [-0.2, -0.15) is 0 Å². The Bertz CT molecular complexity index is 2720. The molecule has 9 aromatic rings. The average Bonchev–Trinajstić information content (AvgIpc) is 3.82. The van der Waals surface area contributed by atoms with Crippen LogP contribution in [0.3, 0.4) is 0 Å². The molecule has 55 heavy (non-hydrogen) atoms. The predicted octanol–water partition coefficient (Wildman–Crippen LogP) is 13.4. The molecule has 0 aliphatic carbocycles. The van der Waals surface area contributed by atoms with E-state index in [0.29, 0.717) is 5.92 Å². The number of fused-ring (bicyclic) bond motifs is 2. The minimum absolute atomic E-state index is 0. The molecule has 6 aromatic carbocycles. The van der Waals surface area contributed by atoms with Crippen molar-refractivity contribution in [1.82, 2.24) is 14.5 Å². The van der Waals surface area contributed by atoms with Gasteiger partial charge in [0.2, 0.25) is 0 Å². The van der Waals surface area contributed by atoms with Crippen LogP contribution in [-0.2, 0) is 26.5 Å². The Morgan fingerprint density at radius 1 is 0.745 bits per heavy atom. The second-order valence-electron chi connectivity index (χ2n) is 13.9. The second kappa shape index (κ2) is 16.9. The SMILES string of the molecule is Cc1cc(-c2ccccc2)c(-n2c(-c3[c-]sc4ccc(CC(C)C)cc34)nc3ccccc32)c(-c2ccccc2)c1.[2H]C([2H])([2H])c1ccc(-c2[c-]cccc2)nc1.[Ir]. The molecule has 0 atom stereocenters. The van der Waals surface area contributed by atoms with Crippen molar-refractivity contribution < 1.29 is 24.2 Å². The number of thiophene rings is 1. The topological polar surface area (TPSA) is 30.7 Å². The first-order chi connectivity index (χ1) is 27.6. The Kier molecular flexibility index (Phi) is 10.5. The summed E-state index contributed by atoms with van der Waals surface area (Å²) in [6.07, 6.45) is 2.44. The van der Waals surface area contributed by atoms with Crippen LogP contribution in [0.2, 0.25) is 0 Å². The number of aryl methyl sites for hydroxylation is 2. The van der Waals surface area contributed by atoms with E-state index < -0.39 is 6.85 Å². The van der Waals surface area contributed by atoms with Gasteiger partial charge in [-0.3, -0.25) is 16.3 Å². The van der Waals surface area contributed by atoms with Crippen molar-refractivity contribution in [2.75, 3.05) is 0 Å². The second-order valence-corrected chi connectivity index (χ2v) is 14.8. The summed E-state index contributed by atoms with van der Waals surface area (Å²) in [7, 11) is 0. The maximum atomic E-state index is 7.23. The van der Waals surface area contributed by atoms with Crippen LogP contribution < -0.4 is 0 Å². The van der Waals surface area contributed by atoms with Crippen molar-refractivity contribution in [3.05, 3.63) is 186 Å². The van der Waals surface area contributed by atoms with Crippen LogP contribution in [-0.4, -0.2) is 14.5 Å². The van der Waals surface area contributed by atoms with Gasteiger partial charge in [0, 0.05) is 41.5 Å². The van der Waals surface area contributed by atoms with Gasteiger partial charge in [0.15, 0.2) is 0 Å². The number of benzene rings is 6. The number of para-hydroxylation sites is 2. The summed E-state index contributed by atoms with van der Waals surface area (Å²) in [5.74, 6) is 1.52. The van der Waals surface area contributed by atoms with E-state index in [1.807, 2.05) is 18.2 Å². The van der Waals surface area contributed by atoms with Gasteiger partial charge in [0.1, 0.15) is 0 Å². The summed E-state index contributed by atoms with van der Waals surface area (Å²) >= 11 is 1.68. The molecular formula is C50H41IrN3S-2. The van der Waals surface area contributed by atoms with E-state index in [9.17, 15) is 0 Å². The first kappa shape index (κ1) is 34.1. The van der Waals surface area contributed by atoms with Crippen LogP contribution in [0.4, 0.5) is 0 Å². The largest absolute Gasteiger partial charge is 0.332 e. The van der Waals surface area contributed by atoms with E-state index in [1.165, 1.54) is 49.7 Å². The number of aromatic nitrogens is 3. The molecule has 0 amide bonds. The molecule has 3 nitrogen and oxygen atoms in total. The molecule has 0 saturated heterocycles. The number of hydrogen-bond donors (Lipinski definition) is 0. The molecule has 9 rings (SSSR count). The zero-order valence-electron chi connectivity index (χ0n) is 33.9. The van der Waals surface area contributed by atoms with Crippen LogP contribution in [0, 0.1) is 31.1 Å². The van der Waals surface area contributed by atoms with Crippen molar-refractivity contribution in [3.63, 3.8) is 0 Å². The molecule has 0 spiro atoms. The molecular weight excluding hydrogens is 867 g/mol. The fourth-order valence-corrected chi connectivity index (χ4v) is 7.83.